The molecule has 0 bridgehead atoms. The number of benzene rings is 4. The summed E-state index contributed by atoms with van der Waals surface area (Å²) in [7, 11) is 0. The van der Waals surface area contributed by atoms with Gasteiger partial charge in [-0.2, -0.15) is 0 Å². The molecule has 5 rings (SSSR count). The summed E-state index contributed by atoms with van der Waals surface area (Å²) >= 11 is 5.29. The van der Waals surface area contributed by atoms with Crippen molar-refractivity contribution in [1.82, 2.24) is 5.32 Å². The number of thiocarbonyl (C=S) groups is 1. The highest BCUT2D eigenvalue weighted by Gasteiger charge is 2.34. The molecule has 2 amide bonds. The maximum Gasteiger partial charge on any atom is 0.270 e. The van der Waals surface area contributed by atoms with Gasteiger partial charge in [0.1, 0.15) is 35.2 Å². The molecule has 4 aromatic rings. The Balaban J connectivity index is 1.29. The fourth-order valence-corrected chi connectivity index (χ4v) is 4.04. The number of anilines is 1. The first-order valence-corrected chi connectivity index (χ1v) is 12.1. The summed E-state index contributed by atoms with van der Waals surface area (Å²) in [6.07, 6.45) is 1.50. The van der Waals surface area contributed by atoms with Crippen molar-refractivity contribution in [3.8, 4) is 17.2 Å². The van der Waals surface area contributed by atoms with Crippen LogP contribution in [-0.2, 0) is 16.2 Å². The van der Waals surface area contributed by atoms with Crippen molar-refractivity contribution in [2.45, 2.75) is 6.61 Å². The number of hydrogen-bond donors (Lipinski definition) is 1. The minimum atomic E-state index is -0.572. The lowest BCUT2D eigenvalue weighted by atomic mass is 10.1. The summed E-state index contributed by atoms with van der Waals surface area (Å²) in [5.41, 5.74) is 1.91. The maximum absolute atomic E-state index is 13.3. The monoisotopic (exact) mass is 524 g/mol. The number of amides is 2. The second-order valence-electron chi connectivity index (χ2n) is 8.35. The van der Waals surface area contributed by atoms with Crippen LogP contribution in [0.2, 0.25) is 0 Å². The van der Waals surface area contributed by atoms with Gasteiger partial charge in [0.25, 0.3) is 11.8 Å². The van der Waals surface area contributed by atoms with Crippen LogP contribution in [0, 0.1) is 5.82 Å². The molecule has 0 aromatic heterocycles. The summed E-state index contributed by atoms with van der Waals surface area (Å²) in [5, 5.41) is 2.58. The van der Waals surface area contributed by atoms with Gasteiger partial charge in [0, 0.05) is 0 Å². The van der Waals surface area contributed by atoms with E-state index in [1.54, 1.807) is 60.7 Å². The molecule has 0 radical (unpaired) electrons. The highest BCUT2D eigenvalue weighted by atomic mass is 32.1. The van der Waals surface area contributed by atoms with Crippen LogP contribution in [-0.4, -0.2) is 16.9 Å². The Labute approximate surface area is 223 Å². The van der Waals surface area contributed by atoms with E-state index in [0.29, 0.717) is 28.5 Å². The Bertz CT molecular complexity index is 1500. The molecule has 0 unspecified atom stereocenters. The largest absolute Gasteiger partial charge is 0.489 e. The lowest BCUT2D eigenvalue weighted by Gasteiger charge is -2.29. The topological polar surface area (TPSA) is 67.9 Å². The van der Waals surface area contributed by atoms with Crippen LogP contribution >= 0.6 is 12.2 Å². The molecule has 0 spiro atoms. The van der Waals surface area contributed by atoms with Crippen molar-refractivity contribution < 1.29 is 23.5 Å². The third-order valence-corrected chi connectivity index (χ3v) is 5.97. The second kappa shape index (κ2) is 11.1. The normalized spacial score (nSPS) is 14.4. The van der Waals surface area contributed by atoms with Gasteiger partial charge < -0.3 is 9.47 Å². The number of carbonyl (C=O) groups excluding carboxylic acids is 2. The van der Waals surface area contributed by atoms with Gasteiger partial charge in [-0.1, -0.05) is 42.5 Å². The third-order valence-electron chi connectivity index (χ3n) is 5.69. The molecule has 8 heteroatoms. The number of para-hydroxylation sites is 1. The van der Waals surface area contributed by atoms with Crippen molar-refractivity contribution in [3.05, 3.63) is 126 Å². The van der Waals surface area contributed by atoms with Crippen molar-refractivity contribution in [2.75, 3.05) is 4.90 Å². The number of hydrogen-bond acceptors (Lipinski definition) is 5. The van der Waals surface area contributed by atoms with Crippen LogP contribution in [0.3, 0.4) is 0 Å². The van der Waals surface area contributed by atoms with Crippen molar-refractivity contribution in [1.29, 1.82) is 0 Å². The predicted molar refractivity (Wildman–Crippen MR) is 146 cm³/mol. The van der Waals surface area contributed by atoms with Gasteiger partial charge in [-0.05, 0) is 90.1 Å². The van der Waals surface area contributed by atoms with E-state index in [2.05, 4.69) is 5.32 Å². The zero-order valence-electron chi connectivity index (χ0n) is 20.0. The molecule has 4 aromatic carbocycles. The van der Waals surface area contributed by atoms with Gasteiger partial charge in [-0.15, -0.1) is 0 Å². The zero-order valence-corrected chi connectivity index (χ0v) is 20.8. The van der Waals surface area contributed by atoms with Crippen molar-refractivity contribution in [2.24, 2.45) is 0 Å². The summed E-state index contributed by atoms with van der Waals surface area (Å²) in [6, 6.07) is 29.2. The number of carbonyl (C=O) groups is 2. The molecule has 1 heterocycles. The van der Waals surface area contributed by atoms with Gasteiger partial charge in [0.2, 0.25) is 0 Å². The molecule has 1 N–H and O–H groups in total. The zero-order chi connectivity index (χ0) is 26.5. The second-order valence-corrected chi connectivity index (χ2v) is 8.74. The van der Waals surface area contributed by atoms with Gasteiger partial charge in [-0.3, -0.25) is 19.8 Å². The fraction of sp³-hybridized carbons (Fsp3) is 0.0333. The van der Waals surface area contributed by atoms with Crippen LogP contribution < -0.4 is 19.7 Å². The van der Waals surface area contributed by atoms with Gasteiger partial charge in [0.15, 0.2) is 5.11 Å². The molecule has 0 aliphatic carbocycles. The summed E-state index contributed by atoms with van der Waals surface area (Å²) in [6.45, 7) is 0.281. The lowest BCUT2D eigenvalue weighted by molar-refractivity contribution is -0.122. The van der Waals surface area contributed by atoms with E-state index in [-0.39, 0.29) is 23.1 Å². The first-order chi connectivity index (χ1) is 18.5. The molecule has 6 nitrogen and oxygen atoms in total. The highest BCUT2D eigenvalue weighted by Crippen LogP contribution is 2.27. The fourth-order valence-electron chi connectivity index (χ4n) is 3.75. The smallest absolute Gasteiger partial charge is 0.270 e. The quantitative estimate of drug-likeness (QED) is 0.182. The van der Waals surface area contributed by atoms with Crippen LogP contribution in [0.4, 0.5) is 10.1 Å². The molecule has 188 valence electrons. The standard InChI is InChI=1S/C30H21FN2O4S/c31-22-10-6-21(7-11-22)19-36-24-14-8-20(9-15-24)18-27-28(34)32-30(38)33(29(27)35)23-12-16-26(17-13-23)37-25-4-2-1-3-5-25/h1-18H,19H2,(H,32,34,38). The van der Waals surface area contributed by atoms with E-state index in [1.165, 1.54) is 23.1 Å². The van der Waals surface area contributed by atoms with Crippen LogP contribution in [0.15, 0.2) is 109 Å². The first kappa shape index (κ1) is 24.9. The van der Waals surface area contributed by atoms with E-state index in [4.69, 9.17) is 21.7 Å². The molecular weight excluding hydrogens is 503 g/mol. The number of halogens is 1. The van der Waals surface area contributed by atoms with Crippen LogP contribution in [0.1, 0.15) is 11.1 Å². The maximum atomic E-state index is 13.3. The Hall–Kier alpha value is -4.82. The number of nitrogens with zero attached hydrogens (tertiary/aromatic N) is 1. The summed E-state index contributed by atoms with van der Waals surface area (Å²) in [4.78, 5) is 27.2. The van der Waals surface area contributed by atoms with Gasteiger partial charge in [0.05, 0.1) is 5.69 Å². The van der Waals surface area contributed by atoms with Crippen LogP contribution in [0.5, 0.6) is 17.2 Å². The van der Waals surface area contributed by atoms with E-state index < -0.39 is 11.8 Å². The van der Waals surface area contributed by atoms with E-state index >= 15 is 0 Å². The molecule has 0 saturated carbocycles. The third kappa shape index (κ3) is 5.77. The summed E-state index contributed by atoms with van der Waals surface area (Å²) in [5.74, 6) is 0.465. The Morgan fingerprint density at radius 3 is 2.11 bits per heavy atom. The van der Waals surface area contributed by atoms with E-state index in [9.17, 15) is 14.0 Å². The minimum absolute atomic E-state index is 0.00146. The Morgan fingerprint density at radius 1 is 0.789 bits per heavy atom. The molecule has 1 fully saturated rings. The minimum Gasteiger partial charge on any atom is -0.489 e. The molecule has 1 aliphatic rings. The van der Waals surface area contributed by atoms with Gasteiger partial charge >= 0.3 is 0 Å². The number of rotatable bonds is 7. The lowest BCUT2D eigenvalue weighted by Crippen LogP contribution is -2.54. The van der Waals surface area contributed by atoms with Gasteiger partial charge in [-0.25, -0.2) is 4.39 Å². The number of ether oxygens (including phenoxy) is 2. The average molecular weight is 525 g/mol. The first-order valence-electron chi connectivity index (χ1n) is 11.7. The van der Waals surface area contributed by atoms with Crippen molar-refractivity contribution >= 4 is 40.9 Å². The van der Waals surface area contributed by atoms with E-state index in [0.717, 1.165) is 5.56 Å². The van der Waals surface area contributed by atoms with Crippen molar-refractivity contribution in [3.63, 3.8) is 0 Å². The number of nitrogens with one attached hydrogen (secondary N) is 1. The average Bonchev–Trinajstić information content (AvgIpc) is 2.93. The summed E-state index contributed by atoms with van der Waals surface area (Å²) < 4.78 is 24.6. The highest BCUT2D eigenvalue weighted by molar-refractivity contribution is 7.80. The SMILES string of the molecule is O=C1NC(=S)N(c2ccc(Oc3ccccc3)cc2)C(=O)C1=Cc1ccc(OCc2ccc(F)cc2)cc1. The molecular formula is C30H21FN2O4S. The van der Waals surface area contributed by atoms with E-state index in [1.807, 2.05) is 30.3 Å². The molecule has 38 heavy (non-hydrogen) atoms. The predicted octanol–water partition coefficient (Wildman–Crippen LogP) is 6.03. The Morgan fingerprint density at radius 2 is 1.42 bits per heavy atom. The molecule has 1 saturated heterocycles. The molecule has 0 atom stereocenters. The molecule has 1 aliphatic heterocycles. The Kier molecular flexibility index (Phi) is 7.24. The van der Waals surface area contributed by atoms with Crippen LogP contribution in [0.25, 0.3) is 6.08 Å².